The van der Waals surface area contributed by atoms with Crippen molar-refractivity contribution >= 4 is 5.82 Å². The largest absolute Gasteiger partial charge is 0.391 e. The third-order valence-corrected chi connectivity index (χ3v) is 3.62. The van der Waals surface area contributed by atoms with Crippen LogP contribution in [0.4, 0.5) is 5.82 Å². The highest BCUT2D eigenvalue weighted by Crippen LogP contribution is 2.24. The van der Waals surface area contributed by atoms with Crippen molar-refractivity contribution in [3.8, 4) is 6.07 Å². The minimum absolute atomic E-state index is 0.0257. The molecule has 1 aliphatic carbocycles. The van der Waals surface area contributed by atoms with Crippen molar-refractivity contribution in [2.24, 2.45) is 0 Å². The highest BCUT2D eigenvalue weighted by molar-refractivity contribution is 5.56. The minimum atomic E-state index is -0.367. The summed E-state index contributed by atoms with van der Waals surface area (Å²) in [7, 11) is 0. The highest BCUT2D eigenvalue weighted by Gasteiger charge is 2.24. The average Bonchev–Trinajstić information content (AvgIpc) is 2.37. The summed E-state index contributed by atoms with van der Waals surface area (Å²) >= 11 is 0. The zero-order chi connectivity index (χ0) is 13.1. The fraction of sp³-hybridized carbons (Fsp3) is 0.615. The molecule has 1 fully saturated rings. The molecule has 1 aliphatic rings. The van der Waals surface area contributed by atoms with Crippen LogP contribution >= 0.6 is 0 Å². The minimum Gasteiger partial charge on any atom is -0.391 e. The van der Waals surface area contributed by atoms with E-state index in [1.165, 1.54) is 0 Å². The van der Waals surface area contributed by atoms with Crippen LogP contribution in [0.15, 0.2) is 0 Å². The summed E-state index contributed by atoms with van der Waals surface area (Å²) in [6.07, 6.45) is 3.49. The van der Waals surface area contributed by atoms with Gasteiger partial charge in [0.2, 0.25) is 0 Å². The number of nitrogens with one attached hydrogen (secondary N) is 1. The van der Waals surface area contributed by atoms with E-state index in [0.29, 0.717) is 11.4 Å². The Bertz CT molecular complexity index is 481. The van der Waals surface area contributed by atoms with Crippen LogP contribution in [0.2, 0.25) is 0 Å². The lowest BCUT2D eigenvalue weighted by atomic mass is 9.92. The summed E-state index contributed by atoms with van der Waals surface area (Å²) in [6.45, 7) is 3.70. The van der Waals surface area contributed by atoms with Gasteiger partial charge in [-0.2, -0.15) is 10.4 Å². The molecule has 0 amide bonds. The van der Waals surface area contributed by atoms with Crippen LogP contribution in [-0.2, 0) is 0 Å². The van der Waals surface area contributed by atoms with Gasteiger partial charge in [-0.3, -0.25) is 0 Å². The van der Waals surface area contributed by atoms with Crippen molar-refractivity contribution in [2.45, 2.75) is 51.7 Å². The second-order valence-corrected chi connectivity index (χ2v) is 4.85. The lowest BCUT2D eigenvalue weighted by Gasteiger charge is -2.29. The predicted molar refractivity (Wildman–Crippen MR) is 68.1 cm³/mol. The van der Waals surface area contributed by atoms with Gasteiger partial charge in [0.25, 0.3) is 0 Å². The Balaban J connectivity index is 2.24. The molecule has 2 atom stereocenters. The van der Waals surface area contributed by atoms with Crippen LogP contribution in [0, 0.1) is 25.2 Å². The molecule has 5 heteroatoms. The molecule has 0 saturated heterocycles. The van der Waals surface area contributed by atoms with Crippen molar-refractivity contribution < 1.29 is 5.11 Å². The first-order valence-electron chi connectivity index (χ1n) is 6.32. The van der Waals surface area contributed by atoms with E-state index in [-0.39, 0.29) is 12.1 Å². The molecular weight excluding hydrogens is 228 g/mol. The zero-order valence-corrected chi connectivity index (χ0v) is 10.8. The van der Waals surface area contributed by atoms with Crippen LogP contribution in [0.1, 0.15) is 42.5 Å². The molecule has 0 aliphatic heterocycles. The quantitative estimate of drug-likeness (QED) is 0.829. The summed E-state index contributed by atoms with van der Waals surface area (Å²) in [5.74, 6) is 0.492. The zero-order valence-electron chi connectivity index (χ0n) is 10.8. The summed E-state index contributed by atoms with van der Waals surface area (Å²) < 4.78 is 0. The van der Waals surface area contributed by atoms with Crippen LogP contribution in [0.5, 0.6) is 0 Å². The van der Waals surface area contributed by atoms with Gasteiger partial charge in [0.05, 0.1) is 17.8 Å². The Kier molecular flexibility index (Phi) is 3.78. The van der Waals surface area contributed by atoms with E-state index in [1.807, 2.05) is 13.8 Å². The Morgan fingerprint density at radius 2 is 2.00 bits per heavy atom. The van der Waals surface area contributed by atoms with E-state index in [0.717, 1.165) is 36.9 Å². The van der Waals surface area contributed by atoms with Crippen molar-refractivity contribution in [3.63, 3.8) is 0 Å². The molecule has 5 nitrogen and oxygen atoms in total. The lowest BCUT2D eigenvalue weighted by Crippen LogP contribution is -2.37. The number of hydrogen-bond acceptors (Lipinski definition) is 5. The molecule has 2 rings (SSSR count). The van der Waals surface area contributed by atoms with Gasteiger partial charge in [-0.25, -0.2) is 0 Å². The molecule has 96 valence electrons. The maximum Gasteiger partial charge on any atom is 0.167 e. The Hall–Kier alpha value is -1.67. The van der Waals surface area contributed by atoms with Gasteiger partial charge >= 0.3 is 0 Å². The molecule has 2 unspecified atom stereocenters. The maximum atomic E-state index is 9.92. The molecule has 0 spiro atoms. The Morgan fingerprint density at radius 3 is 2.67 bits per heavy atom. The standard InChI is InChI=1S/C13H18N4O/c1-8-9(2)16-17-13(10(8)7-14)15-11-5-3-4-6-12(11)18/h11-12,18H,3-6H2,1-2H3,(H,15,17). The first-order valence-corrected chi connectivity index (χ1v) is 6.32. The van der Waals surface area contributed by atoms with E-state index in [4.69, 9.17) is 0 Å². The normalized spacial score (nSPS) is 23.4. The number of nitrogens with zero attached hydrogens (tertiary/aromatic N) is 3. The first kappa shape index (κ1) is 12.8. The molecule has 1 aromatic heterocycles. The van der Waals surface area contributed by atoms with Crippen molar-refractivity contribution in [2.75, 3.05) is 5.32 Å². The second-order valence-electron chi connectivity index (χ2n) is 4.85. The number of hydrogen-bond donors (Lipinski definition) is 2. The summed E-state index contributed by atoms with van der Waals surface area (Å²) in [6, 6.07) is 2.14. The van der Waals surface area contributed by atoms with Crippen LogP contribution in [0.25, 0.3) is 0 Å². The molecule has 1 heterocycles. The monoisotopic (exact) mass is 246 g/mol. The van der Waals surface area contributed by atoms with Gasteiger partial charge in [-0.1, -0.05) is 12.8 Å². The first-order chi connectivity index (χ1) is 8.63. The summed E-state index contributed by atoms with van der Waals surface area (Å²) in [4.78, 5) is 0. The predicted octanol–water partition coefficient (Wildman–Crippen LogP) is 1.68. The van der Waals surface area contributed by atoms with Gasteiger partial charge < -0.3 is 10.4 Å². The van der Waals surface area contributed by atoms with Gasteiger partial charge in [0, 0.05) is 0 Å². The number of aliphatic hydroxyl groups excluding tert-OH is 1. The molecule has 2 N–H and O–H groups in total. The number of rotatable bonds is 2. The molecule has 1 aromatic rings. The summed E-state index contributed by atoms with van der Waals surface area (Å²) in [5.41, 5.74) is 2.14. The van der Waals surface area contributed by atoms with Gasteiger partial charge in [0.15, 0.2) is 5.82 Å². The topological polar surface area (TPSA) is 81.8 Å². The van der Waals surface area contributed by atoms with Crippen molar-refractivity contribution in [1.82, 2.24) is 10.2 Å². The van der Waals surface area contributed by atoms with Crippen LogP contribution < -0.4 is 5.32 Å². The third-order valence-electron chi connectivity index (χ3n) is 3.62. The van der Waals surface area contributed by atoms with Gasteiger partial charge in [0.1, 0.15) is 11.6 Å². The molecule has 0 radical (unpaired) electrons. The number of nitriles is 1. The van der Waals surface area contributed by atoms with Gasteiger partial charge in [-0.05, 0) is 32.3 Å². The molecular formula is C13H18N4O. The number of anilines is 1. The lowest BCUT2D eigenvalue weighted by molar-refractivity contribution is 0.116. The maximum absolute atomic E-state index is 9.92. The average molecular weight is 246 g/mol. The Labute approximate surface area is 107 Å². The van der Waals surface area contributed by atoms with E-state index < -0.39 is 0 Å². The fourth-order valence-electron chi connectivity index (χ4n) is 2.30. The molecule has 0 bridgehead atoms. The van der Waals surface area contributed by atoms with Gasteiger partial charge in [-0.15, -0.1) is 5.10 Å². The molecule has 18 heavy (non-hydrogen) atoms. The number of aliphatic hydroxyl groups is 1. The van der Waals surface area contributed by atoms with Crippen LogP contribution in [0.3, 0.4) is 0 Å². The molecule has 0 aromatic carbocycles. The van der Waals surface area contributed by atoms with E-state index in [1.54, 1.807) is 0 Å². The third kappa shape index (κ3) is 2.44. The van der Waals surface area contributed by atoms with E-state index in [9.17, 15) is 10.4 Å². The molecule has 1 saturated carbocycles. The van der Waals surface area contributed by atoms with E-state index >= 15 is 0 Å². The summed E-state index contributed by atoms with van der Waals surface area (Å²) in [5, 5.41) is 30.4. The SMILES string of the molecule is Cc1nnc(NC2CCCCC2O)c(C#N)c1C. The van der Waals surface area contributed by atoms with Crippen molar-refractivity contribution in [1.29, 1.82) is 5.26 Å². The smallest absolute Gasteiger partial charge is 0.167 e. The number of aromatic nitrogens is 2. The second kappa shape index (κ2) is 5.32. The van der Waals surface area contributed by atoms with Crippen molar-refractivity contribution in [3.05, 3.63) is 16.8 Å². The van der Waals surface area contributed by atoms with E-state index in [2.05, 4.69) is 21.6 Å². The fourth-order valence-corrected chi connectivity index (χ4v) is 2.30. The number of aryl methyl sites for hydroxylation is 1. The van der Waals surface area contributed by atoms with Crippen LogP contribution in [-0.4, -0.2) is 27.4 Å². The highest BCUT2D eigenvalue weighted by atomic mass is 16.3. The Morgan fingerprint density at radius 1 is 1.28 bits per heavy atom.